The molecule has 0 radical (unpaired) electrons. The van der Waals surface area contributed by atoms with E-state index in [1.165, 1.54) is 18.4 Å². The van der Waals surface area contributed by atoms with Gasteiger partial charge in [0.1, 0.15) is 5.76 Å². The van der Waals surface area contributed by atoms with E-state index >= 15 is 0 Å². The van der Waals surface area contributed by atoms with Gasteiger partial charge in [-0.25, -0.2) is 0 Å². The molecule has 1 saturated heterocycles. The lowest BCUT2D eigenvalue weighted by Gasteiger charge is -2.23. The number of aryl methyl sites for hydroxylation is 2. The van der Waals surface area contributed by atoms with Gasteiger partial charge in [-0.1, -0.05) is 12.1 Å². The molecule has 0 aromatic carbocycles. The quantitative estimate of drug-likeness (QED) is 0.843. The van der Waals surface area contributed by atoms with E-state index in [9.17, 15) is 0 Å². The van der Waals surface area contributed by atoms with Crippen molar-refractivity contribution in [3.8, 4) is 0 Å². The zero-order chi connectivity index (χ0) is 11.5. The Balaban J connectivity index is 2.24. The Bertz CT molecular complexity index is 348. The Kier molecular flexibility index (Phi) is 3.61. The molecule has 0 amide bonds. The third-order valence-electron chi connectivity index (χ3n) is 3.43. The van der Waals surface area contributed by atoms with Crippen molar-refractivity contribution in [2.75, 3.05) is 19.6 Å². The van der Waals surface area contributed by atoms with Gasteiger partial charge < -0.3 is 10.3 Å². The second kappa shape index (κ2) is 4.97. The largest absolute Gasteiger partial charge is 0.361 e. The van der Waals surface area contributed by atoms with Crippen LogP contribution < -0.4 is 5.73 Å². The van der Waals surface area contributed by atoms with Crippen LogP contribution in [0.2, 0.25) is 0 Å². The molecule has 2 N–H and O–H groups in total. The standard InChI is InChI=1S/C12H21N3O/c1-3-10-12(9(2)16-14-10)11-5-4-7-15(11)8-6-13/h11H,3-8,13H2,1-2H3/t11-/m1/s1. The summed E-state index contributed by atoms with van der Waals surface area (Å²) in [6.45, 7) is 6.99. The molecule has 0 saturated carbocycles. The Morgan fingerprint density at radius 3 is 3.06 bits per heavy atom. The Morgan fingerprint density at radius 1 is 1.56 bits per heavy atom. The molecule has 4 heteroatoms. The van der Waals surface area contributed by atoms with Crippen LogP contribution in [0.1, 0.15) is 42.8 Å². The van der Waals surface area contributed by atoms with E-state index in [1.54, 1.807) is 0 Å². The Morgan fingerprint density at radius 2 is 2.38 bits per heavy atom. The van der Waals surface area contributed by atoms with Gasteiger partial charge >= 0.3 is 0 Å². The fourth-order valence-electron chi connectivity index (χ4n) is 2.69. The first kappa shape index (κ1) is 11.6. The molecule has 0 bridgehead atoms. The predicted molar refractivity (Wildman–Crippen MR) is 63.2 cm³/mol. The zero-order valence-electron chi connectivity index (χ0n) is 10.2. The highest BCUT2D eigenvalue weighted by Crippen LogP contribution is 2.35. The highest BCUT2D eigenvalue weighted by molar-refractivity contribution is 5.27. The summed E-state index contributed by atoms with van der Waals surface area (Å²) >= 11 is 0. The first-order valence-electron chi connectivity index (χ1n) is 6.17. The normalized spacial score (nSPS) is 21.8. The molecule has 0 aliphatic carbocycles. The van der Waals surface area contributed by atoms with Crippen molar-refractivity contribution in [3.05, 3.63) is 17.0 Å². The molecule has 1 aliphatic rings. The highest BCUT2D eigenvalue weighted by atomic mass is 16.5. The van der Waals surface area contributed by atoms with Crippen molar-refractivity contribution < 1.29 is 4.52 Å². The van der Waals surface area contributed by atoms with E-state index in [0.29, 0.717) is 6.04 Å². The lowest BCUT2D eigenvalue weighted by atomic mass is 10.0. The summed E-state index contributed by atoms with van der Waals surface area (Å²) in [6, 6.07) is 0.477. The number of hydrogen-bond donors (Lipinski definition) is 1. The molecule has 16 heavy (non-hydrogen) atoms. The van der Waals surface area contributed by atoms with Crippen LogP contribution in [-0.4, -0.2) is 29.7 Å². The van der Waals surface area contributed by atoms with Crippen LogP contribution in [-0.2, 0) is 6.42 Å². The van der Waals surface area contributed by atoms with Crippen molar-refractivity contribution in [3.63, 3.8) is 0 Å². The number of likely N-dealkylation sites (tertiary alicyclic amines) is 1. The summed E-state index contributed by atoms with van der Waals surface area (Å²) in [5, 5.41) is 4.14. The van der Waals surface area contributed by atoms with E-state index in [1.807, 2.05) is 6.92 Å². The van der Waals surface area contributed by atoms with Crippen LogP contribution in [0.15, 0.2) is 4.52 Å². The predicted octanol–water partition coefficient (Wildman–Crippen LogP) is 1.64. The van der Waals surface area contributed by atoms with Gasteiger partial charge in [0.05, 0.1) is 5.69 Å². The summed E-state index contributed by atoms with van der Waals surface area (Å²) in [5.74, 6) is 0.978. The molecule has 2 heterocycles. The van der Waals surface area contributed by atoms with Crippen LogP contribution in [0.4, 0.5) is 0 Å². The van der Waals surface area contributed by atoms with Crippen LogP contribution >= 0.6 is 0 Å². The molecule has 1 aliphatic heterocycles. The fourth-order valence-corrected chi connectivity index (χ4v) is 2.69. The third-order valence-corrected chi connectivity index (χ3v) is 3.43. The molecule has 90 valence electrons. The summed E-state index contributed by atoms with van der Waals surface area (Å²) in [4.78, 5) is 2.46. The third kappa shape index (κ3) is 1.99. The summed E-state index contributed by atoms with van der Waals surface area (Å²) < 4.78 is 5.32. The lowest BCUT2D eigenvalue weighted by Crippen LogP contribution is -2.29. The molecular weight excluding hydrogens is 202 g/mol. The van der Waals surface area contributed by atoms with Gasteiger partial charge in [-0.3, -0.25) is 4.90 Å². The molecule has 0 spiro atoms. The molecule has 0 unspecified atom stereocenters. The second-order valence-electron chi connectivity index (χ2n) is 4.44. The number of aromatic nitrogens is 1. The minimum Gasteiger partial charge on any atom is -0.361 e. The molecular formula is C12H21N3O. The maximum absolute atomic E-state index is 5.65. The summed E-state index contributed by atoms with van der Waals surface area (Å²) in [5.41, 5.74) is 8.08. The Labute approximate surface area is 96.8 Å². The number of nitrogens with zero attached hydrogens (tertiary/aromatic N) is 2. The van der Waals surface area contributed by atoms with Gasteiger partial charge in [0.25, 0.3) is 0 Å². The van der Waals surface area contributed by atoms with Gasteiger partial charge in [0, 0.05) is 24.7 Å². The van der Waals surface area contributed by atoms with Gasteiger partial charge in [0.2, 0.25) is 0 Å². The second-order valence-corrected chi connectivity index (χ2v) is 4.44. The van der Waals surface area contributed by atoms with Gasteiger partial charge in [-0.05, 0) is 32.7 Å². The number of nitrogens with two attached hydrogens (primary N) is 1. The van der Waals surface area contributed by atoms with Crippen LogP contribution in [0, 0.1) is 6.92 Å². The molecule has 2 rings (SSSR count). The molecule has 1 atom stereocenters. The van der Waals surface area contributed by atoms with Crippen LogP contribution in [0.25, 0.3) is 0 Å². The summed E-state index contributed by atoms with van der Waals surface area (Å²) in [7, 11) is 0. The van der Waals surface area contributed by atoms with Crippen molar-refractivity contribution in [1.29, 1.82) is 0 Å². The highest BCUT2D eigenvalue weighted by Gasteiger charge is 2.30. The minimum absolute atomic E-state index is 0.477. The molecule has 1 aromatic rings. The van der Waals surface area contributed by atoms with E-state index in [2.05, 4.69) is 17.0 Å². The van der Waals surface area contributed by atoms with Crippen molar-refractivity contribution in [1.82, 2.24) is 10.1 Å². The maximum atomic E-state index is 5.65. The lowest BCUT2D eigenvalue weighted by molar-refractivity contribution is 0.261. The topological polar surface area (TPSA) is 55.3 Å². The minimum atomic E-state index is 0.477. The number of hydrogen-bond acceptors (Lipinski definition) is 4. The average Bonchev–Trinajstić information content (AvgIpc) is 2.85. The maximum Gasteiger partial charge on any atom is 0.138 e. The number of rotatable bonds is 4. The molecule has 4 nitrogen and oxygen atoms in total. The average molecular weight is 223 g/mol. The first-order valence-corrected chi connectivity index (χ1v) is 6.17. The molecule has 1 fully saturated rings. The van der Waals surface area contributed by atoms with Crippen molar-refractivity contribution in [2.45, 2.75) is 39.2 Å². The summed E-state index contributed by atoms with van der Waals surface area (Å²) in [6.07, 6.45) is 3.40. The van der Waals surface area contributed by atoms with E-state index < -0.39 is 0 Å². The van der Waals surface area contributed by atoms with E-state index in [0.717, 1.165) is 37.5 Å². The first-order chi connectivity index (χ1) is 7.77. The van der Waals surface area contributed by atoms with E-state index in [4.69, 9.17) is 10.3 Å². The van der Waals surface area contributed by atoms with Gasteiger partial charge in [0.15, 0.2) is 0 Å². The van der Waals surface area contributed by atoms with Gasteiger partial charge in [-0.2, -0.15) is 0 Å². The smallest absolute Gasteiger partial charge is 0.138 e. The monoisotopic (exact) mass is 223 g/mol. The molecule has 1 aromatic heterocycles. The Hall–Kier alpha value is -0.870. The van der Waals surface area contributed by atoms with E-state index in [-0.39, 0.29) is 0 Å². The van der Waals surface area contributed by atoms with Gasteiger partial charge in [-0.15, -0.1) is 0 Å². The van der Waals surface area contributed by atoms with Crippen molar-refractivity contribution in [2.24, 2.45) is 5.73 Å². The SMILES string of the molecule is CCc1noc(C)c1[C@H]1CCCN1CCN. The zero-order valence-corrected chi connectivity index (χ0v) is 10.2. The van der Waals surface area contributed by atoms with Crippen LogP contribution in [0.3, 0.4) is 0 Å². The van der Waals surface area contributed by atoms with Crippen LogP contribution in [0.5, 0.6) is 0 Å². The van der Waals surface area contributed by atoms with Crippen molar-refractivity contribution >= 4 is 0 Å². The fraction of sp³-hybridized carbons (Fsp3) is 0.750.